The van der Waals surface area contributed by atoms with E-state index in [0.717, 1.165) is 30.7 Å². The summed E-state index contributed by atoms with van der Waals surface area (Å²) in [4.78, 5) is 14.3. The Morgan fingerprint density at radius 2 is 2.04 bits per heavy atom. The Morgan fingerprint density at radius 3 is 2.71 bits per heavy atom. The second-order valence-corrected chi connectivity index (χ2v) is 6.62. The van der Waals surface area contributed by atoms with Crippen LogP contribution in [0.1, 0.15) is 60.5 Å². The molecule has 7 heteroatoms. The van der Waals surface area contributed by atoms with Gasteiger partial charge in [-0.2, -0.15) is 0 Å². The summed E-state index contributed by atoms with van der Waals surface area (Å²) in [5.74, 6) is -1.67. The van der Waals surface area contributed by atoms with E-state index in [4.69, 9.17) is 16.1 Å². The van der Waals surface area contributed by atoms with Crippen LogP contribution in [0.4, 0.5) is 8.78 Å². The van der Waals surface area contributed by atoms with Gasteiger partial charge < -0.3 is 9.42 Å². The summed E-state index contributed by atoms with van der Waals surface area (Å²) in [6.07, 6.45) is 1.53. The van der Waals surface area contributed by atoms with E-state index in [2.05, 4.69) is 5.16 Å². The van der Waals surface area contributed by atoms with Crippen molar-refractivity contribution in [2.24, 2.45) is 0 Å². The van der Waals surface area contributed by atoms with E-state index in [1.54, 1.807) is 4.90 Å². The van der Waals surface area contributed by atoms with Crippen LogP contribution >= 0.6 is 11.6 Å². The van der Waals surface area contributed by atoms with Crippen molar-refractivity contribution in [1.82, 2.24) is 10.1 Å². The molecule has 1 saturated heterocycles. The van der Waals surface area contributed by atoms with Gasteiger partial charge in [0, 0.05) is 18.5 Å². The van der Waals surface area contributed by atoms with Crippen molar-refractivity contribution in [3.63, 3.8) is 0 Å². The molecule has 1 aromatic carbocycles. The molecule has 1 aromatic heterocycles. The number of hydrogen-bond acceptors (Lipinski definition) is 3. The van der Waals surface area contributed by atoms with Crippen molar-refractivity contribution in [2.75, 3.05) is 6.54 Å². The van der Waals surface area contributed by atoms with Crippen LogP contribution in [-0.4, -0.2) is 22.5 Å². The fourth-order valence-corrected chi connectivity index (χ4v) is 3.12. The van der Waals surface area contributed by atoms with E-state index in [1.165, 1.54) is 0 Å². The summed E-state index contributed by atoms with van der Waals surface area (Å²) in [5, 5.41) is 3.96. The summed E-state index contributed by atoms with van der Waals surface area (Å²) in [6, 6.07) is 3.26. The molecule has 1 fully saturated rings. The van der Waals surface area contributed by atoms with Gasteiger partial charge in [-0.05, 0) is 25.0 Å². The Kier molecular flexibility index (Phi) is 4.58. The Bertz CT molecular complexity index is 776. The summed E-state index contributed by atoms with van der Waals surface area (Å²) < 4.78 is 32.0. The summed E-state index contributed by atoms with van der Waals surface area (Å²) in [7, 11) is 0. The predicted molar refractivity (Wildman–Crippen MR) is 85.0 cm³/mol. The molecule has 4 nitrogen and oxygen atoms in total. The molecule has 24 heavy (non-hydrogen) atoms. The molecule has 0 aliphatic carbocycles. The number of aromatic nitrogens is 1. The summed E-state index contributed by atoms with van der Waals surface area (Å²) in [5.41, 5.74) is 0.623. The average molecular weight is 355 g/mol. The second kappa shape index (κ2) is 6.51. The minimum atomic E-state index is -1.10. The van der Waals surface area contributed by atoms with Crippen molar-refractivity contribution >= 4 is 17.5 Å². The third kappa shape index (κ3) is 3.02. The fraction of sp³-hybridized carbons (Fsp3) is 0.412. The predicted octanol–water partition coefficient (Wildman–Crippen LogP) is 4.71. The number of carbonyl (C=O) groups excluding carboxylic acids is 1. The van der Waals surface area contributed by atoms with Crippen LogP contribution < -0.4 is 0 Å². The van der Waals surface area contributed by atoms with E-state index < -0.39 is 17.5 Å². The number of hydrogen-bond donors (Lipinski definition) is 0. The summed E-state index contributed by atoms with van der Waals surface area (Å²) in [6.45, 7) is 4.48. The molecular formula is C17H17ClF2N2O2. The average Bonchev–Trinajstić information content (AvgIpc) is 3.18. The first-order chi connectivity index (χ1) is 11.4. The van der Waals surface area contributed by atoms with Gasteiger partial charge in [-0.15, -0.1) is 0 Å². The lowest BCUT2D eigenvalue weighted by Crippen LogP contribution is -2.31. The van der Waals surface area contributed by atoms with Crippen LogP contribution in [0.2, 0.25) is 5.02 Å². The third-order valence-corrected chi connectivity index (χ3v) is 4.52. The van der Waals surface area contributed by atoms with E-state index >= 15 is 0 Å². The number of benzene rings is 1. The van der Waals surface area contributed by atoms with Gasteiger partial charge in [0.1, 0.15) is 11.5 Å². The SMILES string of the molecule is CC(C)c1cc([C@@H]2CCCN2C(=O)c2cc(F)c(F)cc2Cl)no1. The zero-order valence-corrected chi connectivity index (χ0v) is 14.1. The Labute approximate surface area is 143 Å². The second-order valence-electron chi connectivity index (χ2n) is 6.21. The zero-order valence-electron chi connectivity index (χ0n) is 13.4. The summed E-state index contributed by atoms with van der Waals surface area (Å²) >= 11 is 5.93. The number of halogens is 3. The highest BCUT2D eigenvalue weighted by molar-refractivity contribution is 6.33. The third-order valence-electron chi connectivity index (χ3n) is 4.21. The quantitative estimate of drug-likeness (QED) is 0.750. The number of likely N-dealkylation sites (tertiary alicyclic amines) is 1. The van der Waals surface area contributed by atoms with Crippen molar-refractivity contribution in [2.45, 2.75) is 38.6 Å². The van der Waals surface area contributed by atoms with E-state index in [-0.39, 0.29) is 22.5 Å². The van der Waals surface area contributed by atoms with Gasteiger partial charge in [-0.3, -0.25) is 4.79 Å². The van der Waals surface area contributed by atoms with Crippen LogP contribution in [0.5, 0.6) is 0 Å². The maximum absolute atomic E-state index is 13.5. The maximum Gasteiger partial charge on any atom is 0.256 e. The van der Waals surface area contributed by atoms with Gasteiger partial charge in [0.15, 0.2) is 11.6 Å². The molecule has 2 heterocycles. The van der Waals surface area contributed by atoms with Crippen LogP contribution in [0.3, 0.4) is 0 Å². The number of amides is 1. The first-order valence-corrected chi connectivity index (χ1v) is 8.18. The van der Waals surface area contributed by atoms with Crippen molar-refractivity contribution < 1.29 is 18.1 Å². The highest BCUT2D eigenvalue weighted by atomic mass is 35.5. The zero-order chi connectivity index (χ0) is 17.4. The standard InChI is InChI=1S/C17H17ClF2N2O2/c1-9(2)16-8-14(21-24-16)15-4-3-5-22(15)17(23)10-6-12(19)13(20)7-11(10)18/h6-9,15H,3-5H2,1-2H3/t15-/m0/s1. The number of nitrogens with zero attached hydrogens (tertiary/aromatic N) is 2. The maximum atomic E-state index is 13.5. The molecule has 0 spiro atoms. The van der Waals surface area contributed by atoms with Crippen LogP contribution in [-0.2, 0) is 0 Å². The molecule has 0 bridgehead atoms. The fourth-order valence-electron chi connectivity index (χ4n) is 2.89. The molecule has 2 aromatic rings. The highest BCUT2D eigenvalue weighted by Crippen LogP contribution is 2.35. The molecule has 1 aliphatic heterocycles. The molecule has 1 amide bonds. The molecule has 1 atom stereocenters. The number of carbonyl (C=O) groups is 1. The topological polar surface area (TPSA) is 46.3 Å². The van der Waals surface area contributed by atoms with Crippen molar-refractivity contribution in [3.8, 4) is 0 Å². The van der Waals surface area contributed by atoms with Gasteiger partial charge in [0.2, 0.25) is 0 Å². The first-order valence-electron chi connectivity index (χ1n) is 7.80. The lowest BCUT2D eigenvalue weighted by Gasteiger charge is -2.23. The van der Waals surface area contributed by atoms with Gasteiger partial charge in [-0.1, -0.05) is 30.6 Å². The molecule has 0 N–H and O–H groups in total. The monoisotopic (exact) mass is 354 g/mol. The lowest BCUT2D eigenvalue weighted by atomic mass is 10.1. The van der Waals surface area contributed by atoms with Crippen LogP contribution in [0, 0.1) is 11.6 Å². The van der Waals surface area contributed by atoms with Gasteiger partial charge in [0.05, 0.1) is 16.6 Å². The molecule has 1 aliphatic rings. The lowest BCUT2D eigenvalue weighted by molar-refractivity contribution is 0.0730. The Balaban J connectivity index is 1.90. The normalized spacial score (nSPS) is 17.8. The van der Waals surface area contributed by atoms with Gasteiger partial charge in [-0.25, -0.2) is 8.78 Å². The van der Waals surface area contributed by atoms with Crippen LogP contribution in [0.25, 0.3) is 0 Å². The largest absolute Gasteiger partial charge is 0.361 e. The highest BCUT2D eigenvalue weighted by Gasteiger charge is 2.34. The Hall–Kier alpha value is -1.95. The van der Waals surface area contributed by atoms with Gasteiger partial charge >= 0.3 is 0 Å². The Morgan fingerprint density at radius 1 is 1.33 bits per heavy atom. The smallest absolute Gasteiger partial charge is 0.256 e. The minimum Gasteiger partial charge on any atom is -0.361 e. The van der Waals surface area contributed by atoms with Crippen molar-refractivity contribution in [3.05, 3.63) is 51.9 Å². The molecule has 0 saturated carbocycles. The van der Waals surface area contributed by atoms with Crippen LogP contribution in [0.15, 0.2) is 22.7 Å². The molecule has 0 radical (unpaired) electrons. The molecule has 3 rings (SSSR count). The van der Waals surface area contributed by atoms with Gasteiger partial charge in [0.25, 0.3) is 5.91 Å². The molecule has 128 valence electrons. The molecular weight excluding hydrogens is 338 g/mol. The van der Waals surface area contributed by atoms with E-state index in [1.807, 2.05) is 19.9 Å². The van der Waals surface area contributed by atoms with Crippen molar-refractivity contribution in [1.29, 1.82) is 0 Å². The van der Waals surface area contributed by atoms with E-state index in [9.17, 15) is 13.6 Å². The first kappa shape index (κ1) is 16.9. The minimum absolute atomic E-state index is 0.0463. The molecule has 0 unspecified atom stereocenters. The van der Waals surface area contributed by atoms with E-state index in [0.29, 0.717) is 12.2 Å². The number of rotatable bonds is 3.